The van der Waals surface area contributed by atoms with E-state index in [2.05, 4.69) is 15.2 Å². The van der Waals surface area contributed by atoms with Crippen LogP contribution in [0.4, 0.5) is 9.52 Å². The van der Waals surface area contributed by atoms with Crippen molar-refractivity contribution in [2.24, 2.45) is 0 Å². The third kappa shape index (κ3) is 4.11. The minimum absolute atomic E-state index is 0.0199. The summed E-state index contributed by atoms with van der Waals surface area (Å²) in [6.45, 7) is 2.42. The Labute approximate surface area is 133 Å². The maximum atomic E-state index is 13.2. The van der Waals surface area contributed by atoms with Crippen molar-refractivity contribution in [1.29, 1.82) is 0 Å². The number of benzene rings is 1. The van der Waals surface area contributed by atoms with Gasteiger partial charge in [-0.1, -0.05) is 12.1 Å². The van der Waals surface area contributed by atoms with Gasteiger partial charge in [-0.15, -0.1) is 11.3 Å². The second-order valence-corrected chi connectivity index (χ2v) is 6.59. The van der Waals surface area contributed by atoms with Crippen LogP contribution in [0.15, 0.2) is 30.5 Å². The number of nitrogens with one attached hydrogen (secondary N) is 1. The molecule has 22 heavy (non-hydrogen) atoms. The van der Waals surface area contributed by atoms with Crippen LogP contribution in [0.3, 0.4) is 0 Å². The van der Waals surface area contributed by atoms with Crippen LogP contribution in [0, 0.1) is 5.82 Å². The highest BCUT2D eigenvalue weighted by atomic mass is 32.1. The minimum atomic E-state index is -0.235. The first kappa shape index (κ1) is 15.1. The summed E-state index contributed by atoms with van der Waals surface area (Å²) in [5.41, 5.74) is 0.901. The summed E-state index contributed by atoms with van der Waals surface area (Å²) in [7, 11) is 0. The molecule has 1 aliphatic heterocycles. The lowest BCUT2D eigenvalue weighted by Crippen LogP contribution is -2.30. The lowest BCUT2D eigenvalue weighted by atomic mass is 10.1. The van der Waals surface area contributed by atoms with Crippen LogP contribution in [-0.2, 0) is 11.2 Å². The van der Waals surface area contributed by atoms with Crippen molar-refractivity contribution >= 4 is 22.4 Å². The molecule has 2 heterocycles. The molecule has 0 radical (unpaired) electrons. The first-order valence-electron chi connectivity index (χ1n) is 7.40. The van der Waals surface area contributed by atoms with E-state index in [4.69, 9.17) is 0 Å². The quantitative estimate of drug-likeness (QED) is 0.922. The highest BCUT2D eigenvalue weighted by molar-refractivity contribution is 7.15. The average Bonchev–Trinajstić information content (AvgIpc) is 3.11. The molecule has 1 fully saturated rings. The monoisotopic (exact) mass is 319 g/mol. The molecule has 4 nitrogen and oxygen atoms in total. The predicted molar refractivity (Wildman–Crippen MR) is 85.6 cm³/mol. The third-order valence-electron chi connectivity index (χ3n) is 3.63. The van der Waals surface area contributed by atoms with Gasteiger partial charge in [0, 0.05) is 17.5 Å². The van der Waals surface area contributed by atoms with Crippen LogP contribution in [0.1, 0.15) is 23.3 Å². The molecule has 116 valence electrons. The molecule has 1 aromatic carbocycles. The second kappa shape index (κ2) is 6.98. The molecular formula is C16H18FN3OS. The summed E-state index contributed by atoms with van der Waals surface area (Å²) in [5.74, 6) is -0.255. The topological polar surface area (TPSA) is 45.2 Å². The smallest absolute Gasteiger partial charge is 0.240 e. The molecule has 1 N–H and O–H groups in total. The Morgan fingerprint density at radius 1 is 1.36 bits per heavy atom. The molecule has 0 saturated carbocycles. The zero-order chi connectivity index (χ0) is 15.4. The van der Waals surface area contributed by atoms with Gasteiger partial charge < -0.3 is 5.32 Å². The Morgan fingerprint density at radius 3 is 2.95 bits per heavy atom. The van der Waals surface area contributed by atoms with E-state index in [1.807, 2.05) is 6.07 Å². The highest BCUT2D eigenvalue weighted by Gasteiger charge is 2.16. The van der Waals surface area contributed by atoms with Gasteiger partial charge in [0.2, 0.25) is 5.91 Å². The van der Waals surface area contributed by atoms with Gasteiger partial charge in [-0.2, -0.15) is 0 Å². The Bertz CT molecular complexity index is 652. The van der Waals surface area contributed by atoms with E-state index >= 15 is 0 Å². The van der Waals surface area contributed by atoms with Gasteiger partial charge in [-0.3, -0.25) is 9.69 Å². The Balaban J connectivity index is 1.55. The van der Waals surface area contributed by atoms with Crippen molar-refractivity contribution in [1.82, 2.24) is 9.88 Å². The maximum Gasteiger partial charge on any atom is 0.240 e. The van der Waals surface area contributed by atoms with Crippen LogP contribution in [0.5, 0.6) is 0 Å². The molecule has 1 aliphatic rings. The van der Waals surface area contributed by atoms with Crippen molar-refractivity contribution in [2.45, 2.75) is 19.3 Å². The van der Waals surface area contributed by atoms with Gasteiger partial charge in [0.25, 0.3) is 0 Å². The molecule has 3 rings (SSSR count). The van der Waals surface area contributed by atoms with Crippen LogP contribution < -0.4 is 5.32 Å². The first-order chi connectivity index (χ1) is 10.7. The summed E-state index contributed by atoms with van der Waals surface area (Å²) >= 11 is 1.44. The van der Waals surface area contributed by atoms with E-state index in [-0.39, 0.29) is 11.7 Å². The standard InChI is InChI=1S/C16H18FN3OS/c17-13-5-3-4-12(8-13)9-14-10-18-16(22-14)19-15(21)11-20-6-1-2-7-20/h3-5,8,10H,1-2,6-7,9,11H2,(H,18,19,21). The highest BCUT2D eigenvalue weighted by Crippen LogP contribution is 2.21. The largest absolute Gasteiger partial charge is 0.301 e. The zero-order valence-corrected chi connectivity index (χ0v) is 13.0. The molecule has 0 spiro atoms. The molecule has 1 saturated heterocycles. The fourth-order valence-electron chi connectivity index (χ4n) is 2.60. The number of carbonyl (C=O) groups excluding carboxylic acids is 1. The number of anilines is 1. The van der Waals surface area contributed by atoms with Crippen molar-refractivity contribution in [3.63, 3.8) is 0 Å². The maximum absolute atomic E-state index is 13.2. The van der Waals surface area contributed by atoms with Crippen molar-refractivity contribution in [3.05, 3.63) is 46.7 Å². The summed E-state index contributed by atoms with van der Waals surface area (Å²) in [6.07, 6.45) is 4.70. The number of likely N-dealkylation sites (tertiary alicyclic amines) is 1. The number of hydrogen-bond donors (Lipinski definition) is 1. The molecule has 0 bridgehead atoms. The number of amides is 1. The summed E-state index contributed by atoms with van der Waals surface area (Å²) in [4.78, 5) is 19.3. The van der Waals surface area contributed by atoms with Crippen molar-refractivity contribution < 1.29 is 9.18 Å². The molecule has 2 aromatic rings. The summed E-state index contributed by atoms with van der Waals surface area (Å²) in [6, 6.07) is 6.53. The first-order valence-corrected chi connectivity index (χ1v) is 8.22. The van der Waals surface area contributed by atoms with Crippen molar-refractivity contribution in [3.8, 4) is 0 Å². The number of halogens is 1. The molecule has 6 heteroatoms. The van der Waals surface area contributed by atoms with Gasteiger partial charge in [0.05, 0.1) is 6.54 Å². The molecule has 1 amide bonds. The minimum Gasteiger partial charge on any atom is -0.301 e. The lowest BCUT2D eigenvalue weighted by molar-refractivity contribution is -0.117. The molecule has 0 atom stereocenters. The predicted octanol–water partition coefficient (Wildman–Crippen LogP) is 2.91. The number of hydrogen-bond acceptors (Lipinski definition) is 4. The van der Waals surface area contributed by atoms with Crippen LogP contribution >= 0.6 is 11.3 Å². The Hall–Kier alpha value is -1.79. The van der Waals surface area contributed by atoms with E-state index in [0.29, 0.717) is 18.1 Å². The summed E-state index contributed by atoms with van der Waals surface area (Å²) in [5, 5.41) is 3.45. The fourth-order valence-corrected chi connectivity index (χ4v) is 3.46. The lowest BCUT2D eigenvalue weighted by Gasteiger charge is -2.12. The van der Waals surface area contributed by atoms with Crippen LogP contribution in [-0.4, -0.2) is 35.4 Å². The SMILES string of the molecule is O=C(CN1CCCC1)Nc1ncc(Cc2cccc(F)c2)s1. The van der Waals surface area contributed by atoms with Gasteiger partial charge >= 0.3 is 0 Å². The Morgan fingerprint density at radius 2 is 2.18 bits per heavy atom. The van der Waals surface area contributed by atoms with Gasteiger partial charge in [-0.25, -0.2) is 9.37 Å². The zero-order valence-electron chi connectivity index (χ0n) is 12.2. The van der Waals surface area contributed by atoms with Crippen molar-refractivity contribution in [2.75, 3.05) is 25.0 Å². The molecule has 0 aliphatic carbocycles. The van der Waals surface area contributed by atoms with Crippen LogP contribution in [0.25, 0.3) is 0 Å². The van der Waals surface area contributed by atoms with Gasteiger partial charge in [-0.05, 0) is 43.6 Å². The van der Waals surface area contributed by atoms with E-state index < -0.39 is 0 Å². The molecular weight excluding hydrogens is 301 g/mol. The number of nitrogens with zero attached hydrogens (tertiary/aromatic N) is 2. The van der Waals surface area contributed by atoms with Crippen LogP contribution in [0.2, 0.25) is 0 Å². The summed E-state index contributed by atoms with van der Waals surface area (Å²) < 4.78 is 13.2. The van der Waals surface area contributed by atoms with E-state index in [0.717, 1.165) is 23.5 Å². The number of rotatable bonds is 5. The van der Waals surface area contributed by atoms with E-state index in [9.17, 15) is 9.18 Å². The number of aromatic nitrogens is 1. The average molecular weight is 319 g/mol. The number of carbonyl (C=O) groups is 1. The molecule has 1 aromatic heterocycles. The fraction of sp³-hybridized carbons (Fsp3) is 0.375. The molecule has 0 unspecified atom stereocenters. The number of thiazole rings is 1. The Kier molecular flexibility index (Phi) is 4.80. The van der Waals surface area contributed by atoms with E-state index in [1.165, 1.54) is 36.3 Å². The van der Waals surface area contributed by atoms with E-state index in [1.54, 1.807) is 12.3 Å². The third-order valence-corrected chi connectivity index (χ3v) is 4.55. The van der Waals surface area contributed by atoms with Gasteiger partial charge in [0.1, 0.15) is 5.82 Å². The normalized spacial score (nSPS) is 15.1. The van der Waals surface area contributed by atoms with Gasteiger partial charge in [0.15, 0.2) is 5.13 Å². The second-order valence-electron chi connectivity index (χ2n) is 5.47.